The highest BCUT2D eigenvalue weighted by molar-refractivity contribution is 4.61. The lowest BCUT2D eigenvalue weighted by Gasteiger charge is -2.20. The Labute approximate surface area is 106 Å². The molecule has 0 N–H and O–H groups in total. The molecule has 0 fully saturated rings. The molecule has 0 radical (unpaired) electrons. The van der Waals surface area contributed by atoms with Crippen molar-refractivity contribution in [2.45, 2.75) is 45.8 Å². The molecule has 0 saturated heterocycles. The van der Waals surface area contributed by atoms with Crippen molar-refractivity contribution in [2.75, 3.05) is 40.1 Å². The molecule has 2 atom stereocenters. The van der Waals surface area contributed by atoms with Crippen LogP contribution in [-0.4, -0.2) is 52.4 Å². The molecule has 4 nitrogen and oxygen atoms in total. The molecule has 0 rings (SSSR count). The zero-order valence-electron chi connectivity index (χ0n) is 11.7. The summed E-state index contributed by atoms with van der Waals surface area (Å²) in [6.45, 7) is 9.57. The van der Waals surface area contributed by atoms with Crippen LogP contribution in [0.15, 0.2) is 0 Å². The predicted octanol–water partition coefficient (Wildman–Crippen LogP) is 2.26. The van der Waals surface area contributed by atoms with Crippen molar-refractivity contribution < 1.29 is 18.9 Å². The van der Waals surface area contributed by atoms with Crippen LogP contribution < -0.4 is 0 Å². The molecular weight excluding hydrogens is 220 g/mol. The van der Waals surface area contributed by atoms with Gasteiger partial charge in [-0.1, -0.05) is 6.92 Å². The molecule has 2 unspecified atom stereocenters. The Kier molecular flexibility index (Phi) is 12.2. The molecule has 0 aliphatic carbocycles. The second-order valence-corrected chi connectivity index (χ2v) is 4.01. The van der Waals surface area contributed by atoms with Gasteiger partial charge in [-0.2, -0.15) is 0 Å². The maximum Gasteiger partial charge on any atom is 0.0704 e. The van der Waals surface area contributed by atoms with Gasteiger partial charge >= 0.3 is 0 Å². The van der Waals surface area contributed by atoms with Crippen LogP contribution >= 0.6 is 0 Å². The first-order valence-corrected chi connectivity index (χ1v) is 6.54. The highest BCUT2D eigenvalue weighted by Crippen LogP contribution is 2.09. The molecule has 0 amide bonds. The van der Waals surface area contributed by atoms with Crippen LogP contribution in [0.5, 0.6) is 0 Å². The van der Waals surface area contributed by atoms with Gasteiger partial charge in [-0.15, -0.1) is 0 Å². The fourth-order valence-corrected chi connectivity index (χ4v) is 1.54. The molecule has 17 heavy (non-hydrogen) atoms. The van der Waals surface area contributed by atoms with Crippen molar-refractivity contribution in [2.24, 2.45) is 0 Å². The van der Waals surface area contributed by atoms with Crippen molar-refractivity contribution in [3.05, 3.63) is 0 Å². The van der Waals surface area contributed by atoms with E-state index in [0.29, 0.717) is 26.4 Å². The van der Waals surface area contributed by atoms with Crippen molar-refractivity contribution in [3.63, 3.8) is 0 Å². The summed E-state index contributed by atoms with van der Waals surface area (Å²) in [6, 6.07) is 0. The first kappa shape index (κ1) is 16.8. The molecule has 0 aromatic carbocycles. The third kappa shape index (κ3) is 10.7. The summed E-state index contributed by atoms with van der Waals surface area (Å²) < 4.78 is 21.5. The maximum atomic E-state index is 5.73. The Balaban J connectivity index is 3.56. The van der Waals surface area contributed by atoms with Crippen molar-refractivity contribution in [3.8, 4) is 0 Å². The molecule has 104 valence electrons. The van der Waals surface area contributed by atoms with E-state index in [1.54, 1.807) is 7.11 Å². The van der Waals surface area contributed by atoms with Gasteiger partial charge in [0.25, 0.3) is 0 Å². The summed E-state index contributed by atoms with van der Waals surface area (Å²) in [5.74, 6) is 0. The van der Waals surface area contributed by atoms with E-state index in [4.69, 9.17) is 18.9 Å². The molecule has 0 heterocycles. The highest BCUT2D eigenvalue weighted by atomic mass is 16.5. The molecule has 0 aromatic rings. The molecule has 0 aromatic heterocycles. The van der Waals surface area contributed by atoms with Gasteiger partial charge in [0.05, 0.1) is 38.6 Å². The topological polar surface area (TPSA) is 36.9 Å². The molecule has 0 bridgehead atoms. The van der Waals surface area contributed by atoms with Crippen molar-refractivity contribution >= 4 is 0 Å². The minimum atomic E-state index is 0.210. The maximum absolute atomic E-state index is 5.73. The zero-order valence-corrected chi connectivity index (χ0v) is 11.7. The van der Waals surface area contributed by atoms with Gasteiger partial charge in [-0.05, 0) is 26.7 Å². The Morgan fingerprint density at radius 3 is 2.24 bits per heavy atom. The van der Waals surface area contributed by atoms with Gasteiger partial charge < -0.3 is 18.9 Å². The van der Waals surface area contributed by atoms with Crippen LogP contribution in [0.25, 0.3) is 0 Å². The summed E-state index contributed by atoms with van der Waals surface area (Å²) in [7, 11) is 1.68. The Morgan fingerprint density at radius 1 is 0.941 bits per heavy atom. The number of hydrogen-bond acceptors (Lipinski definition) is 4. The van der Waals surface area contributed by atoms with Crippen LogP contribution in [0, 0.1) is 0 Å². The number of hydrogen-bond donors (Lipinski definition) is 0. The van der Waals surface area contributed by atoms with Crippen LogP contribution in [0.2, 0.25) is 0 Å². The monoisotopic (exact) mass is 248 g/mol. The normalized spacial score (nSPS) is 14.8. The lowest BCUT2D eigenvalue weighted by molar-refractivity contribution is -0.0375. The molecule has 0 aliphatic rings. The number of methoxy groups -OCH3 is 1. The predicted molar refractivity (Wildman–Crippen MR) is 68.4 cm³/mol. The molecule has 0 saturated carbocycles. The van der Waals surface area contributed by atoms with E-state index in [1.807, 2.05) is 6.92 Å². The van der Waals surface area contributed by atoms with Gasteiger partial charge in [0.15, 0.2) is 0 Å². The van der Waals surface area contributed by atoms with Gasteiger partial charge in [-0.3, -0.25) is 0 Å². The lowest BCUT2D eigenvalue weighted by Crippen LogP contribution is -2.23. The van der Waals surface area contributed by atoms with E-state index in [2.05, 4.69) is 13.8 Å². The van der Waals surface area contributed by atoms with Crippen molar-refractivity contribution in [1.29, 1.82) is 0 Å². The third-order valence-electron chi connectivity index (χ3n) is 2.53. The van der Waals surface area contributed by atoms with E-state index in [1.165, 1.54) is 0 Å². The number of ether oxygens (including phenoxy) is 4. The number of rotatable bonds is 12. The summed E-state index contributed by atoms with van der Waals surface area (Å²) in [5, 5.41) is 0. The molecule has 4 heteroatoms. The van der Waals surface area contributed by atoms with Crippen LogP contribution in [0.4, 0.5) is 0 Å². The van der Waals surface area contributed by atoms with Gasteiger partial charge in [0.2, 0.25) is 0 Å². The van der Waals surface area contributed by atoms with Crippen LogP contribution in [-0.2, 0) is 18.9 Å². The van der Waals surface area contributed by atoms with Crippen LogP contribution in [0.3, 0.4) is 0 Å². The minimum Gasteiger partial charge on any atom is -0.382 e. The van der Waals surface area contributed by atoms with Gasteiger partial charge in [0.1, 0.15) is 0 Å². The fraction of sp³-hybridized carbons (Fsp3) is 1.00. The summed E-state index contributed by atoms with van der Waals surface area (Å²) in [6.07, 6.45) is 2.39. The minimum absolute atomic E-state index is 0.210. The zero-order chi connectivity index (χ0) is 12.9. The second-order valence-electron chi connectivity index (χ2n) is 4.01. The van der Waals surface area contributed by atoms with Crippen molar-refractivity contribution in [1.82, 2.24) is 0 Å². The van der Waals surface area contributed by atoms with E-state index in [-0.39, 0.29) is 12.2 Å². The summed E-state index contributed by atoms with van der Waals surface area (Å²) in [4.78, 5) is 0. The first-order valence-electron chi connectivity index (χ1n) is 6.54. The second kappa shape index (κ2) is 12.3. The van der Waals surface area contributed by atoms with Gasteiger partial charge in [-0.25, -0.2) is 0 Å². The average Bonchev–Trinajstić information content (AvgIpc) is 2.33. The lowest BCUT2D eigenvalue weighted by atomic mass is 10.1. The van der Waals surface area contributed by atoms with E-state index < -0.39 is 0 Å². The molecule has 0 spiro atoms. The molecular formula is C13H28O4. The van der Waals surface area contributed by atoms with Gasteiger partial charge in [0, 0.05) is 13.7 Å². The fourth-order valence-electron chi connectivity index (χ4n) is 1.54. The Hall–Kier alpha value is -0.160. The van der Waals surface area contributed by atoms with E-state index in [0.717, 1.165) is 19.4 Å². The molecule has 0 aliphatic heterocycles. The Bertz CT molecular complexity index is 152. The van der Waals surface area contributed by atoms with E-state index >= 15 is 0 Å². The largest absolute Gasteiger partial charge is 0.382 e. The third-order valence-corrected chi connectivity index (χ3v) is 2.53. The quantitative estimate of drug-likeness (QED) is 0.496. The first-order chi connectivity index (χ1) is 8.24. The van der Waals surface area contributed by atoms with E-state index in [9.17, 15) is 0 Å². The smallest absolute Gasteiger partial charge is 0.0704 e. The van der Waals surface area contributed by atoms with Crippen LogP contribution in [0.1, 0.15) is 33.6 Å². The SMILES string of the molecule is CCOCCOC(CC)CC(C)OCCOC. The highest BCUT2D eigenvalue weighted by Gasteiger charge is 2.12. The Morgan fingerprint density at radius 2 is 1.65 bits per heavy atom. The average molecular weight is 248 g/mol. The standard InChI is InChI=1S/C13H28O4/c1-5-13(17-10-8-15-6-2)11-12(3)16-9-7-14-4/h12-13H,5-11H2,1-4H3. The summed E-state index contributed by atoms with van der Waals surface area (Å²) in [5.41, 5.74) is 0. The summed E-state index contributed by atoms with van der Waals surface area (Å²) >= 11 is 0.